The molecule has 0 amide bonds. The van der Waals surface area contributed by atoms with Crippen molar-refractivity contribution in [2.45, 2.75) is 19.1 Å². The highest BCUT2D eigenvalue weighted by molar-refractivity contribution is 4.96. The summed E-state index contributed by atoms with van der Waals surface area (Å²) in [5, 5.41) is 19.7. The van der Waals surface area contributed by atoms with E-state index in [4.69, 9.17) is 0 Å². The Morgan fingerprint density at radius 1 is 1.57 bits per heavy atom. The van der Waals surface area contributed by atoms with Gasteiger partial charge in [-0.25, -0.2) is 14.4 Å². The Labute approximate surface area is 78.6 Å². The average molecular weight is 201 g/mol. The highest BCUT2D eigenvalue weighted by Gasteiger charge is 2.27. The highest BCUT2D eigenvalue weighted by Crippen LogP contribution is 2.13. The van der Waals surface area contributed by atoms with Gasteiger partial charge in [-0.1, -0.05) is 0 Å². The van der Waals surface area contributed by atoms with Gasteiger partial charge in [0, 0.05) is 11.8 Å². The molecule has 6 nitrogen and oxygen atoms in total. The first-order valence-corrected chi connectivity index (χ1v) is 3.81. The number of hydrogen-bond donors (Lipinski definition) is 1. The fourth-order valence-electron chi connectivity index (χ4n) is 0.806. The van der Waals surface area contributed by atoms with E-state index in [1.54, 1.807) is 0 Å². The summed E-state index contributed by atoms with van der Waals surface area (Å²) in [4.78, 5) is 16.5. The average Bonchev–Trinajstić information content (AvgIpc) is 2.16. The maximum atomic E-state index is 12.4. The summed E-state index contributed by atoms with van der Waals surface area (Å²) in [6.45, 7) is 1.22. The maximum Gasteiger partial charge on any atom is 0.243 e. The molecule has 0 radical (unpaired) electrons. The summed E-state index contributed by atoms with van der Waals surface area (Å²) < 4.78 is 12.4. The third-order valence-corrected chi connectivity index (χ3v) is 1.69. The van der Waals surface area contributed by atoms with Gasteiger partial charge in [0.05, 0.1) is 12.4 Å². The van der Waals surface area contributed by atoms with Crippen LogP contribution in [0.4, 0.5) is 4.39 Å². The lowest BCUT2D eigenvalue weighted by Crippen LogP contribution is -2.25. The molecule has 1 rings (SSSR count). The van der Waals surface area contributed by atoms with Crippen LogP contribution < -0.4 is 0 Å². The number of nitrogens with zero attached hydrogens (tertiary/aromatic N) is 3. The van der Waals surface area contributed by atoms with Crippen LogP contribution >= 0.6 is 0 Å². The predicted octanol–water partition coefficient (Wildman–Crippen LogP) is 0.314. The van der Waals surface area contributed by atoms with Gasteiger partial charge in [0.25, 0.3) is 0 Å². The SMILES string of the molecule is CC(C(O)c1ncc(F)cn1)[N+](=O)[O-]. The van der Waals surface area contributed by atoms with Crippen LogP contribution in [-0.4, -0.2) is 26.0 Å². The zero-order chi connectivity index (χ0) is 10.7. The minimum absolute atomic E-state index is 0.157. The Balaban J connectivity index is 2.84. The fourth-order valence-corrected chi connectivity index (χ4v) is 0.806. The minimum Gasteiger partial charge on any atom is -0.378 e. The van der Waals surface area contributed by atoms with Crippen molar-refractivity contribution in [2.75, 3.05) is 0 Å². The molecule has 0 fully saturated rings. The largest absolute Gasteiger partial charge is 0.378 e. The number of hydrogen-bond acceptors (Lipinski definition) is 5. The van der Waals surface area contributed by atoms with Crippen LogP contribution in [0.2, 0.25) is 0 Å². The molecule has 7 heteroatoms. The quantitative estimate of drug-likeness (QED) is 0.561. The first kappa shape index (κ1) is 10.5. The van der Waals surface area contributed by atoms with E-state index < -0.39 is 22.9 Å². The van der Waals surface area contributed by atoms with Gasteiger partial charge in [0.1, 0.15) is 0 Å². The second-order valence-corrected chi connectivity index (χ2v) is 2.73. The van der Waals surface area contributed by atoms with E-state index in [1.807, 2.05) is 0 Å². The molecule has 1 N–H and O–H groups in total. The molecule has 0 aliphatic rings. The van der Waals surface area contributed by atoms with Gasteiger partial charge in [-0.2, -0.15) is 0 Å². The van der Waals surface area contributed by atoms with Crippen LogP contribution in [0.3, 0.4) is 0 Å². The van der Waals surface area contributed by atoms with Crippen LogP contribution in [-0.2, 0) is 0 Å². The lowest BCUT2D eigenvalue weighted by Gasteiger charge is -2.09. The number of aliphatic hydroxyl groups excluding tert-OH is 1. The lowest BCUT2D eigenvalue weighted by atomic mass is 10.2. The molecule has 1 aromatic rings. The number of nitro groups is 1. The molecule has 1 heterocycles. The summed E-state index contributed by atoms with van der Waals surface area (Å²) >= 11 is 0. The van der Waals surface area contributed by atoms with Crippen molar-refractivity contribution in [3.05, 3.63) is 34.1 Å². The van der Waals surface area contributed by atoms with Crippen molar-refractivity contribution in [3.63, 3.8) is 0 Å². The summed E-state index contributed by atoms with van der Waals surface area (Å²) in [5.41, 5.74) is 0. The van der Waals surface area contributed by atoms with Gasteiger partial charge < -0.3 is 5.11 Å². The lowest BCUT2D eigenvalue weighted by molar-refractivity contribution is -0.531. The fraction of sp³-hybridized carbons (Fsp3) is 0.429. The number of aromatic nitrogens is 2. The van der Waals surface area contributed by atoms with Crippen molar-refractivity contribution in [1.29, 1.82) is 0 Å². The molecule has 2 unspecified atom stereocenters. The number of aliphatic hydroxyl groups is 1. The van der Waals surface area contributed by atoms with Gasteiger partial charge in [0.2, 0.25) is 6.04 Å². The van der Waals surface area contributed by atoms with Crippen molar-refractivity contribution < 1.29 is 14.4 Å². The molecule has 0 aliphatic heterocycles. The van der Waals surface area contributed by atoms with Gasteiger partial charge in [-0.3, -0.25) is 10.1 Å². The van der Waals surface area contributed by atoms with Crippen LogP contribution in [0.25, 0.3) is 0 Å². The zero-order valence-corrected chi connectivity index (χ0v) is 7.29. The van der Waals surface area contributed by atoms with E-state index in [2.05, 4.69) is 9.97 Å². The molecular formula is C7H8FN3O3. The third-order valence-electron chi connectivity index (χ3n) is 1.69. The monoisotopic (exact) mass is 201 g/mol. The van der Waals surface area contributed by atoms with Gasteiger partial charge in [0.15, 0.2) is 17.7 Å². The Morgan fingerprint density at radius 3 is 2.50 bits per heavy atom. The molecule has 14 heavy (non-hydrogen) atoms. The zero-order valence-electron chi connectivity index (χ0n) is 7.29. The first-order chi connectivity index (χ1) is 6.52. The standard InChI is InChI=1S/C7H8FN3O3/c1-4(11(13)14)6(12)7-9-2-5(8)3-10-7/h2-4,6,12H,1H3. The molecule has 0 aliphatic carbocycles. The van der Waals surface area contributed by atoms with E-state index in [1.165, 1.54) is 6.92 Å². The van der Waals surface area contributed by atoms with E-state index in [-0.39, 0.29) is 5.82 Å². The Kier molecular flexibility index (Phi) is 3.03. The number of rotatable bonds is 3. The number of halogens is 1. The minimum atomic E-state index is -1.43. The summed E-state index contributed by atoms with van der Waals surface area (Å²) in [6, 6.07) is -1.22. The Hall–Kier alpha value is -1.63. The van der Waals surface area contributed by atoms with E-state index in [0.717, 1.165) is 12.4 Å². The highest BCUT2D eigenvalue weighted by atomic mass is 19.1. The second-order valence-electron chi connectivity index (χ2n) is 2.73. The van der Waals surface area contributed by atoms with Gasteiger partial charge >= 0.3 is 0 Å². The molecule has 0 saturated carbocycles. The van der Waals surface area contributed by atoms with Crippen LogP contribution in [0.5, 0.6) is 0 Å². The summed E-state index contributed by atoms with van der Waals surface area (Å²) in [5.74, 6) is -0.815. The topological polar surface area (TPSA) is 89.2 Å². The molecule has 76 valence electrons. The van der Waals surface area contributed by atoms with Crippen molar-refractivity contribution in [1.82, 2.24) is 9.97 Å². The summed E-state index contributed by atoms with van der Waals surface area (Å²) in [7, 11) is 0. The van der Waals surface area contributed by atoms with E-state index in [9.17, 15) is 19.6 Å². The molecule has 0 spiro atoms. The maximum absolute atomic E-state index is 12.4. The molecular weight excluding hydrogens is 193 g/mol. The van der Waals surface area contributed by atoms with Crippen LogP contribution in [0.15, 0.2) is 12.4 Å². The molecule has 0 aromatic carbocycles. The molecule has 1 aromatic heterocycles. The van der Waals surface area contributed by atoms with Gasteiger partial charge in [-0.05, 0) is 0 Å². The third kappa shape index (κ3) is 2.19. The van der Waals surface area contributed by atoms with Crippen molar-refractivity contribution in [2.24, 2.45) is 0 Å². The Morgan fingerprint density at radius 2 is 2.07 bits per heavy atom. The van der Waals surface area contributed by atoms with E-state index >= 15 is 0 Å². The normalized spacial score (nSPS) is 14.8. The second kappa shape index (κ2) is 4.05. The molecule has 0 saturated heterocycles. The van der Waals surface area contributed by atoms with E-state index in [0.29, 0.717) is 0 Å². The van der Waals surface area contributed by atoms with Crippen molar-refractivity contribution in [3.8, 4) is 0 Å². The predicted molar refractivity (Wildman–Crippen MR) is 43.4 cm³/mol. The Bertz CT molecular complexity index is 329. The molecule has 2 atom stereocenters. The molecule has 0 bridgehead atoms. The first-order valence-electron chi connectivity index (χ1n) is 3.81. The summed E-state index contributed by atoms with van der Waals surface area (Å²) in [6.07, 6.45) is 0.266. The van der Waals surface area contributed by atoms with Crippen LogP contribution in [0.1, 0.15) is 18.9 Å². The van der Waals surface area contributed by atoms with Crippen LogP contribution in [0, 0.1) is 15.9 Å². The van der Waals surface area contributed by atoms with Crippen molar-refractivity contribution >= 4 is 0 Å². The van der Waals surface area contributed by atoms with Gasteiger partial charge in [-0.15, -0.1) is 0 Å². The smallest absolute Gasteiger partial charge is 0.243 e.